The minimum atomic E-state index is 0.479. The summed E-state index contributed by atoms with van der Waals surface area (Å²) in [7, 11) is 2.20. The van der Waals surface area contributed by atoms with Crippen LogP contribution in [0.5, 0.6) is 0 Å². The minimum absolute atomic E-state index is 0.479. The Morgan fingerprint density at radius 2 is 2.17 bits per heavy atom. The van der Waals surface area contributed by atoms with Crippen LogP contribution in [0.2, 0.25) is 0 Å². The highest BCUT2D eigenvalue weighted by atomic mass is 16.5. The Morgan fingerprint density at radius 3 is 2.58 bits per heavy atom. The van der Waals surface area contributed by atoms with E-state index in [0.29, 0.717) is 6.10 Å². The molecular weight excluding hydrogens is 150 g/mol. The summed E-state index contributed by atoms with van der Waals surface area (Å²) in [6.07, 6.45) is 1.69. The van der Waals surface area contributed by atoms with E-state index in [1.165, 1.54) is 6.42 Å². The number of ether oxygens (including phenoxy) is 1. The summed E-state index contributed by atoms with van der Waals surface area (Å²) in [6, 6.07) is 0.724. The van der Waals surface area contributed by atoms with Gasteiger partial charge >= 0.3 is 0 Å². The van der Waals surface area contributed by atoms with Crippen molar-refractivity contribution in [2.75, 3.05) is 20.2 Å². The fourth-order valence-corrected chi connectivity index (χ4v) is 2.12. The lowest BCUT2D eigenvalue weighted by Crippen LogP contribution is -2.29. The molecule has 0 N–H and O–H groups in total. The van der Waals surface area contributed by atoms with Gasteiger partial charge in [0.2, 0.25) is 0 Å². The molecule has 0 aromatic rings. The van der Waals surface area contributed by atoms with Crippen molar-refractivity contribution in [2.45, 2.75) is 39.3 Å². The van der Waals surface area contributed by atoms with Gasteiger partial charge < -0.3 is 9.64 Å². The topological polar surface area (TPSA) is 12.5 Å². The summed E-state index contributed by atoms with van der Waals surface area (Å²) in [5, 5.41) is 0. The fourth-order valence-electron chi connectivity index (χ4n) is 2.12. The van der Waals surface area contributed by atoms with E-state index in [1.807, 2.05) is 0 Å². The molecule has 2 unspecified atom stereocenters. The highest BCUT2D eigenvalue weighted by Gasteiger charge is 2.31. The van der Waals surface area contributed by atoms with Crippen molar-refractivity contribution in [2.24, 2.45) is 5.92 Å². The van der Waals surface area contributed by atoms with Crippen molar-refractivity contribution in [3.8, 4) is 0 Å². The maximum atomic E-state index is 5.61. The van der Waals surface area contributed by atoms with Crippen LogP contribution in [-0.2, 0) is 4.74 Å². The van der Waals surface area contributed by atoms with Gasteiger partial charge in [0.25, 0.3) is 0 Å². The summed E-state index contributed by atoms with van der Waals surface area (Å²) in [6.45, 7) is 8.60. The first-order chi connectivity index (χ1) is 5.65. The summed E-state index contributed by atoms with van der Waals surface area (Å²) in [5.74, 6) is 0.750. The number of rotatable bonds is 3. The molecule has 2 nitrogen and oxygen atoms in total. The third kappa shape index (κ3) is 2.20. The smallest absolute Gasteiger partial charge is 0.0716 e. The Kier molecular flexibility index (Phi) is 3.53. The molecule has 0 aromatic heterocycles. The Morgan fingerprint density at radius 1 is 1.50 bits per heavy atom. The largest absolute Gasteiger partial charge is 0.377 e. The van der Waals surface area contributed by atoms with Crippen LogP contribution in [0.15, 0.2) is 0 Å². The third-order valence-corrected chi connectivity index (χ3v) is 2.73. The van der Waals surface area contributed by atoms with Crippen molar-refractivity contribution in [3.63, 3.8) is 0 Å². The van der Waals surface area contributed by atoms with Crippen molar-refractivity contribution >= 4 is 0 Å². The molecule has 1 saturated heterocycles. The first kappa shape index (κ1) is 10.0. The second kappa shape index (κ2) is 4.24. The van der Waals surface area contributed by atoms with Gasteiger partial charge in [-0.25, -0.2) is 0 Å². The van der Waals surface area contributed by atoms with Crippen molar-refractivity contribution < 1.29 is 4.74 Å². The Labute approximate surface area is 75.9 Å². The van der Waals surface area contributed by atoms with Gasteiger partial charge in [0, 0.05) is 19.2 Å². The van der Waals surface area contributed by atoms with Crippen LogP contribution in [0.1, 0.15) is 27.2 Å². The van der Waals surface area contributed by atoms with E-state index in [2.05, 4.69) is 32.7 Å². The number of likely N-dealkylation sites (tertiary alicyclic amines) is 1. The standard InChI is InChI=1S/C10H21NO/c1-5-12-9-6-10(8(2)3)11(4)7-9/h8-10H,5-7H2,1-4H3. The zero-order valence-electron chi connectivity index (χ0n) is 8.71. The maximum Gasteiger partial charge on any atom is 0.0716 e. The molecule has 0 amide bonds. The summed E-state index contributed by atoms with van der Waals surface area (Å²) in [5.41, 5.74) is 0. The predicted octanol–water partition coefficient (Wildman–Crippen LogP) is 1.75. The Hall–Kier alpha value is -0.0800. The van der Waals surface area contributed by atoms with Crippen LogP contribution in [0.3, 0.4) is 0 Å². The van der Waals surface area contributed by atoms with E-state index in [0.717, 1.165) is 25.1 Å². The molecule has 2 atom stereocenters. The third-order valence-electron chi connectivity index (χ3n) is 2.73. The first-order valence-corrected chi connectivity index (χ1v) is 4.97. The highest BCUT2D eigenvalue weighted by molar-refractivity contribution is 4.85. The van der Waals surface area contributed by atoms with E-state index in [9.17, 15) is 0 Å². The summed E-state index contributed by atoms with van der Waals surface area (Å²) >= 11 is 0. The average molecular weight is 171 g/mol. The molecule has 2 heteroatoms. The summed E-state index contributed by atoms with van der Waals surface area (Å²) in [4.78, 5) is 2.42. The van der Waals surface area contributed by atoms with Crippen LogP contribution in [0, 0.1) is 5.92 Å². The molecule has 0 bridgehead atoms. The maximum absolute atomic E-state index is 5.61. The lowest BCUT2D eigenvalue weighted by molar-refractivity contribution is 0.0706. The van der Waals surface area contributed by atoms with E-state index < -0.39 is 0 Å². The van der Waals surface area contributed by atoms with Crippen molar-refractivity contribution in [1.82, 2.24) is 4.90 Å². The van der Waals surface area contributed by atoms with E-state index in [1.54, 1.807) is 0 Å². The van der Waals surface area contributed by atoms with Gasteiger partial charge in [-0.15, -0.1) is 0 Å². The van der Waals surface area contributed by atoms with Crippen LogP contribution < -0.4 is 0 Å². The van der Waals surface area contributed by atoms with Gasteiger partial charge in [-0.1, -0.05) is 13.8 Å². The molecule has 0 saturated carbocycles. The Bertz CT molecular complexity index is 136. The normalized spacial score (nSPS) is 31.8. The van der Waals surface area contributed by atoms with Crippen molar-refractivity contribution in [1.29, 1.82) is 0 Å². The molecule has 1 aliphatic rings. The van der Waals surface area contributed by atoms with Gasteiger partial charge in [0.15, 0.2) is 0 Å². The van der Waals surface area contributed by atoms with Gasteiger partial charge in [-0.2, -0.15) is 0 Å². The molecule has 1 rings (SSSR count). The minimum Gasteiger partial charge on any atom is -0.377 e. The molecule has 0 aliphatic carbocycles. The van der Waals surface area contributed by atoms with Crippen LogP contribution in [0.4, 0.5) is 0 Å². The molecule has 0 aromatic carbocycles. The van der Waals surface area contributed by atoms with Gasteiger partial charge in [-0.05, 0) is 26.3 Å². The van der Waals surface area contributed by atoms with Gasteiger partial charge in [0.05, 0.1) is 6.10 Å². The predicted molar refractivity (Wildman–Crippen MR) is 51.3 cm³/mol. The molecule has 1 heterocycles. The van der Waals surface area contributed by atoms with E-state index in [4.69, 9.17) is 4.74 Å². The van der Waals surface area contributed by atoms with Crippen LogP contribution >= 0.6 is 0 Å². The fraction of sp³-hybridized carbons (Fsp3) is 1.00. The molecule has 72 valence electrons. The summed E-state index contributed by atoms with van der Waals surface area (Å²) < 4.78 is 5.61. The second-order valence-corrected chi connectivity index (χ2v) is 4.06. The molecule has 0 radical (unpaired) electrons. The monoisotopic (exact) mass is 171 g/mol. The number of likely N-dealkylation sites (N-methyl/N-ethyl adjacent to an activating group) is 1. The van der Waals surface area contributed by atoms with E-state index in [-0.39, 0.29) is 0 Å². The number of nitrogens with zero attached hydrogens (tertiary/aromatic N) is 1. The Balaban J connectivity index is 2.39. The zero-order valence-corrected chi connectivity index (χ0v) is 8.71. The van der Waals surface area contributed by atoms with Crippen LogP contribution in [-0.4, -0.2) is 37.2 Å². The second-order valence-electron chi connectivity index (χ2n) is 4.06. The zero-order chi connectivity index (χ0) is 9.14. The number of hydrogen-bond donors (Lipinski definition) is 0. The van der Waals surface area contributed by atoms with Crippen LogP contribution in [0.25, 0.3) is 0 Å². The average Bonchev–Trinajstić information content (AvgIpc) is 2.32. The molecule has 0 spiro atoms. The van der Waals surface area contributed by atoms with Crippen molar-refractivity contribution in [3.05, 3.63) is 0 Å². The number of hydrogen-bond acceptors (Lipinski definition) is 2. The van der Waals surface area contributed by atoms with E-state index >= 15 is 0 Å². The lowest BCUT2D eigenvalue weighted by Gasteiger charge is -2.22. The first-order valence-electron chi connectivity index (χ1n) is 4.97. The molecule has 1 aliphatic heterocycles. The van der Waals surface area contributed by atoms with Gasteiger partial charge in [0.1, 0.15) is 0 Å². The SMILES string of the molecule is CCOC1CC(C(C)C)N(C)C1. The highest BCUT2D eigenvalue weighted by Crippen LogP contribution is 2.23. The quantitative estimate of drug-likeness (QED) is 0.641. The lowest BCUT2D eigenvalue weighted by atomic mass is 10.0. The molecule has 12 heavy (non-hydrogen) atoms. The molecule has 1 fully saturated rings. The van der Waals surface area contributed by atoms with Gasteiger partial charge in [-0.3, -0.25) is 0 Å². The molecular formula is C10H21NO.